The van der Waals surface area contributed by atoms with Gasteiger partial charge in [-0.2, -0.15) is 15.4 Å². The zero-order chi connectivity index (χ0) is 15.4. The monoisotopic (exact) mass is 302 g/mol. The number of aromatic nitrogens is 3. The highest BCUT2D eigenvalue weighted by Gasteiger charge is 2.36. The molecule has 2 heterocycles. The van der Waals surface area contributed by atoms with Crippen LogP contribution >= 0.6 is 0 Å². The van der Waals surface area contributed by atoms with Crippen LogP contribution < -0.4 is 4.74 Å². The number of rotatable bonds is 5. The first kappa shape index (κ1) is 15.0. The summed E-state index contributed by atoms with van der Waals surface area (Å²) in [5, 5.41) is 21.2. The average molecular weight is 302 g/mol. The molecule has 0 saturated carbocycles. The first-order valence-corrected chi connectivity index (χ1v) is 7.63. The van der Waals surface area contributed by atoms with Crippen LogP contribution in [0.4, 0.5) is 0 Å². The lowest BCUT2D eigenvalue weighted by molar-refractivity contribution is -0.0385. The summed E-state index contributed by atoms with van der Waals surface area (Å²) >= 11 is 0. The molecule has 1 fully saturated rings. The number of H-pyrrole nitrogens is 1. The molecule has 0 amide bonds. The second-order valence-corrected chi connectivity index (χ2v) is 5.86. The van der Waals surface area contributed by atoms with E-state index < -0.39 is 5.60 Å². The Morgan fingerprint density at radius 2 is 2.18 bits per heavy atom. The number of hydrogen-bond acceptors (Lipinski definition) is 5. The number of aliphatic hydroxyl groups is 1. The summed E-state index contributed by atoms with van der Waals surface area (Å²) in [4.78, 5) is 2.29. The van der Waals surface area contributed by atoms with Crippen LogP contribution in [0.15, 0.2) is 30.5 Å². The normalized spacial score (nSPS) is 22.6. The molecule has 6 nitrogen and oxygen atoms in total. The minimum Gasteiger partial charge on any atom is -0.497 e. The van der Waals surface area contributed by atoms with E-state index >= 15 is 0 Å². The number of hydrogen-bond donors (Lipinski definition) is 2. The molecule has 0 aliphatic carbocycles. The Bertz CT molecular complexity index is 585. The van der Waals surface area contributed by atoms with Gasteiger partial charge in [0.25, 0.3) is 0 Å². The molecule has 1 atom stereocenters. The van der Waals surface area contributed by atoms with Crippen molar-refractivity contribution in [2.75, 3.05) is 26.7 Å². The Hall–Kier alpha value is -1.92. The van der Waals surface area contributed by atoms with E-state index in [9.17, 15) is 5.11 Å². The molecule has 118 valence electrons. The number of piperidine rings is 1. The van der Waals surface area contributed by atoms with Gasteiger partial charge in [0, 0.05) is 13.1 Å². The summed E-state index contributed by atoms with van der Waals surface area (Å²) in [6.07, 6.45) is 4.27. The molecule has 0 radical (unpaired) electrons. The summed E-state index contributed by atoms with van der Waals surface area (Å²) in [5.41, 5.74) is 1.03. The highest BCUT2D eigenvalue weighted by atomic mass is 16.5. The maximum absolute atomic E-state index is 10.8. The quantitative estimate of drug-likeness (QED) is 0.872. The van der Waals surface area contributed by atoms with Crippen molar-refractivity contribution >= 4 is 0 Å². The zero-order valence-electron chi connectivity index (χ0n) is 12.8. The molecule has 1 aromatic carbocycles. The minimum absolute atomic E-state index is 0.607. The Labute approximate surface area is 130 Å². The van der Waals surface area contributed by atoms with E-state index in [1.54, 1.807) is 13.3 Å². The van der Waals surface area contributed by atoms with Gasteiger partial charge in [-0.15, -0.1) is 0 Å². The van der Waals surface area contributed by atoms with Crippen LogP contribution in [0.2, 0.25) is 0 Å². The summed E-state index contributed by atoms with van der Waals surface area (Å²) in [6.45, 7) is 2.54. The van der Waals surface area contributed by atoms with Gasteiger partial charge in [-0.05, 0) is 43.5 Å². The van der Waals surface area contributed by atoms with Gasteiger partial charge in [0.2, 0.25) is 0 Å². The number of nitrogens with zero attached hydrogens (tertiary/aromatic N) is 3. The lowest BCUT2D eigenvalue weighted by atomic mass is 9.90. The van der Waals surface area contributed by atoms with Gasteiger partial charge in [-0.25, -0.2) is 0 Å². The van der Waals surface area contributed by atoms with Crippen molar-refractivity contribution in [1.82, 2.24) is 20.3 Å². The van der Waals surface area contributed by atoms with Gasteiger partial charge in [-0.3, -0.25) is 4.90 Å². The number of methoxy groups -OCH3 is 1. The smallest absolute Gasteiger partial charge is 0.123 e. The third-order valence-electron chi connectivity index (χ3n) is 4.32. The van der Waals surface area contributed by atoms with Crippen molar-refractivity contribution in [2.45, 2.75) is 24.9 Å². The van der Waals surface area contributed by atoms with Gasteiger partial charge in [0.05, 0.1) is 13.3 Å². The van der Waals surface area contributed by atoms with E-state index in [1.165, 1.54) is 5.56 Å². The third-order valence-corrected chi connectivity index (χ3v) is 4.32. The molecule has 22 heavy (non-hydrogen) atoms. The van der Waals surface area contributed by atoms with Crippen LogP contribution in [0.3, 0.4) is 0 Å². The first-order valence-electron chi connectivity index (χ1n) is 7.63. The second-order valence-electron chi connectivity index (χ2n) is 5.86. The molecule has 2 aromatic rings. The molecule has 0 bridgehead atoms. The topological polar surface area (TPSA) is 74.3 Å². The Morgan fingerprint density at radius 3 is 2.86 bits per heavy atom. The Morgan fingerprint density at radius 1 is 1.36 bits per heavy atom. The van der Waals surface area contributed by atoms with E-state index in [0.29, 0.717) is 12.2 Å². The van der Waals surface area contributed by atoms with Crippen molar-refractivity contribution < 1.29 is 9.84 Å². The third kappa shape index (κ3) is 3.28. The highest BCUT2D eigenvalue weighted by molar-refractivity contribution is 5.27. The summed E-state index contributed by atoms with van der Waals surface area (Å²) in [7, 11) is 1.67. The van der Waals surface area contributed by atoms with Gasteiger partial charge in [0.1, 0.15) is 17.0 Å². The highest BCUT2D eigenvalue weighted by Crippen LogP contribution is 2.29. The van der Waals surface area contributed by atoms with Crippen LogP contribution in [0.5, 0.6) is 5.75 Å². The van der Waals surface area contributed by atoms with Gasteiger partial charge in [0.15, 0.2) is 0 Å². The molecule has 1 aromatic heterocycles. The number of nitrogens with one attached hydrogen (secondary N) is 1. The van der Waals surface area contributed by atoms with Crippen LogP contribution in [-0.4, -0.2) is 52.2 Å². The first-order chi connectivity index (χ1) is 10.7. The number of β-amino-alcohol motifs (C(OH)–C–C–N with tert-alkyl or cyclic N) is 1. The lowest BCUT2D eigenvalue weighted by Gasteiger charge is -2.38. The van der Waals surface area contributed by atoms with Crippen molar-refractivity contribution in [3.05, 3.63) is 41.7 Å². The largest absolute Gasteiger partial charge is 0.497 e. The van der Waals surface area contributed by atoms with Crippen molar-refractivity contribution in [3.8, 4) is 5.75 Å². The van der Waals surface area contributed by atoms with E-state index in [0.717, 1.165) is 38.1 Å². The van der Waals surface area contributed by atoms with Gasteiger partial charge >= 0.3 is 0 Å². The zero-order valence-corrected chi connectivity index (χ0v) is 12.8. The summed E-state index contributed by atoms with van der Waals surface area (Å²) in [5.74, 6) is 0.877. The molecule has 6 heteroatoms. The SMILES string of the molecule is COc1ccc(CCN2CCCC(O)(c3cn[nH]n3)C2)cc1. The molecule has 0 spiro atoms. The summed E-state index contributed by atoms with van der Waals surface area (Å²) in [6, 6.07) is 8.15. The minimum atomic E-state index is -0.884. The standard InChI is InChI=1S/C16H22N4O2/c1-22-14-5-3-13(4-6-14)7-10-20-9-2-8-16(21,12-20)15-11-17-19-18-15/h3-6,11,21H,2,7-10,12H2,1H3,(H,17,18,19). The lowest BCUT2D eigenvalue weighted by Crippen LogP contribution is -2.46. The maximum atomic E-state index is 10.8. The fourth-order valence-corrected chi connectivity index (χ4v) is 3.03. The van der Waals surface area contributed by atoms with E-state index in [-0.39, 0.29) is 0 Å². The average Bonchev–Trinajstić information content (AvgIpc) is 3.09. The number of likely N-dealkylation sites (tertiary alicyclic amines) is 1. The molecule has 1 saturated heterocycles. The van der Waals surface area contributed by atoms with E-state index in [2.05, 4.69) is 32.4 Å². The second kappa shape index (κ2) is 6.46. The number of benzene rings is 1. The maximum Gasteiger partial charge on any atom is 0.123 e. The summed E-state index contributed by atoms with van der Waals surface area (Å²) < 4.78 is 5.17. The van der Waals surface area contributed by atoms with Crippen molar-refractivity contribution in [2.24, 2.45) is 0 Å². The predicted molar refractivity (Wildman–Crippen MR) is 82.7 cm³/mol. The van der Waals surface area contributed by atoms with E-state index in [4.69, 9.17) is 4.74 Å². The molecule has 1 unspecified atom stereocenters. The predicted octanol–water partition coefficient (Wildman–Crippen LogP) is 1.34. The fourth-order valence-electron chi connectivity index (χ4n) is 3.03. The Kier molecular flexibility index (Phi) is 4.40. The van der Waals surface area contributed by atoms with Gasteiger partial charge in [-0.1, -0.05) is 12.1 Å². The molecule has 3 rings (SSSR count). The van der Waals surface area contributed by atoms with Crippen LogP contribution in [0.25, 0.3) is 0 Å². The van der Waals surface area contributed by atoms with Crippen molar-refractivity contribution in [3.63, 3.8) is 0 Å². The van der Waals surface area contributed by atoms with Crippen LogP contribution in [0, 0.1) is 0 Å². The molecule has 1 aliphatic rings. The van der Waals surface area contributed by atoms with Crippen LogP contribution in [0.1, 0.15) is 24.1 Å². The molecule has 1 aliphatic heterocycles. The number of ether oxygens (including phenoxy) is 1. The fraction of sp³-hybridized carbons (Fsp3) is 0.500. The Balaban J connectivity index is 1.58. The number of aromatic amines is 1. The van der Waals surface area contributed by atoms with Crippen LogP contribution in [-0.2, 0) is 12.0 Å². The molecule has 2 N–H and O–H groups in total. The molecular weight excluding hydrogens is 280 g/mol. The molecular formula is C16H22N4O2. The van der Waals surface area contributed by atoms with E-state index in [1.807, 2.05) is 12.1 Å². The van der Waals surface area contributed by atoms with Crippen molar-refractivity contribution in [1.29, 1.82) is 0 Å². The van der Waals surface area contributed by atoms with Gasteiger partial charge < -0.3 is 9.84 Å².